The number of benzene rings is 1. The summed E-state index contributed by atoms with van der Waals surface area (Å²) in [6, 6.07) is 9.58. The number of hydrogen-bond donors (Lipinski definition) is 2. The number of nitrogens with one attached hydrogen (secondary N) is 2. The number of piperidine rings is 2. The summed E-state index contributed by atoms with van der Waals surface area (Å²) in [5.74, 6) is -1.06. The van der Waals surface area contributed by atoms with E-state index >= 15 is 4.39 Å². The molecule has 8 rings (SSSR count). The number of pyridine rings is 2. The lowest BCUT2D eigenvalue weighted by Gasteiger charge is -2.43. The van der Waals surface area contributed by atoms with Crippen LogP contribution in [-0.4, -0.2) is 87.3 Å². The lowest BCUT2D eigenvalue weighted by Crippen LogP contribution is -2.53. The fraction of sp³-hybridized carbons (Fsp3) is 0.475. The van der Waals surface area contributed by atoms with Crippen LogP contribution in [0.25, 0.3) is 11.0 Å². The molecule has 0 bridgehead atoms. The zero-order valence-electron chi connectivity index (χ0n) is 30.8. The standard InChI is InChI=1S/C40H46FN9O4/c1-24-32-23-43-40(46-37(32)50(27-5-3-4-6-27)39(54)36(24)25(2)51)44-34-11-8-29(22-42-34)47-15-13-26(14-16-47)48-17-19-49(20-18-48)28-7-9-30(33(41)21-28)31-10-12-35(52)45-38(31)53/h7-9,11,21-23,26-27,31H,3-6,10,12-20H2,1-2H3,(H,45,52,53)(H,42,43,44,46). The van der Waals surface area contributed by atoms with Gasteiger partial charge in [0, 0.05) is 80.6 Å². The molecule has 0 radical (unpaired) electrons. The van der Waals surface area contributed by atoms with Crippen LogP contribution < -0.4 is 26.0 Å². The minimum absolute atomic E-state index is 0.0108. The number of aryl methyl sites for hydroxylation is 1. The summed E-state index contributed by atoms with van der Waals surface area (Å²) in [6.07, 6.45) is 10.0. The second-order valence-electron chi connectivity index (χ2n) is 15.1. The molecule has 1 unspecified atom stereocenters. The van der Waals surface area contributed by atoms with Gasteiger partial charge in [0.05, 0.1) is 23.4 Å². The van der Waals surface area contributed by atoms with Crippen molar-refractivity contribution in [3.63, 3.8) is 0 Å². The molecule has 6 heterocycles. The highest BCUT2D eigenvalue weighted by atomic mass is 19.1. The van der Waals surface area contributed by atoms with Gasteiger partial charge >= 0.3 is 0 Å². The van der Waals surface area contributed by atoms with Gasteiger partial charge in [0.2, 0.25) is 17.8 Å². The third-order valence-corrected chi connectivity index (χ3v) is 11.9. The van der Waals surface area contributed by atoms with Crippen LogP contribution >= 0.6 is 0 Å². The zero-order chi connectivity index (χ0) is 37.5. The van der Waals surface area contributed by atoms with Gasteiger partial charge in [-0.05, 0) is 75.8 Å². The van der Waals surface area contributed by atoms with Crippen LogP contribution in [-0.2, 0) is 9.59 Å². The summed E-state index contributed by atoms with van der Waals surface area (Å²) >= 11 is 0. The normalized spacial score (nSPS) is 20.5. The highest BCUT2D eigenvalue weighted by Crippen LogP contribution is 2.33. The Hall–Kier alpha value is -5.24. The molecule has 1 atom stereocenters. The van der Waals surface area contributed by atoms with Gasteiger partial charge in [0.25, 0.3) is 5.56 Å². The molecule has 4 fully saturated rings. The molecule has 3 saturated heterocycles. The average molecular weight is 736 g/mol. The van der Waals surface area contributed by atoms with E-state index in [1.54, 1.807) is 23.8 Å². The van der Waals surface area contributed by atoms with Crippen LogP contribution in [0.4, 0.5) is 27.5 Å². The molecule has 3 aromatic heterocycles. The van der Waals surface area contributed by atoms with E-state index < -0.39 is 17.6 Å². The van der Waals surface area contributed by atoms with Crippen molar-refractivity contribution in [2.45, 2.75) is 83.2 Å². The van der Waals surface area contributed by atoms with E-state index in [4.69, 9.17) is 4.98 Å². The van der Waals surface area contributed by atoms with Gasteiger partial charge in [0.15, 0.2) is 5.78 Å². The summed E-state index contributed by atoms with van der Waals surface area (Å²) < 4.78 is 16.9. The molecule has 2 N–H and O–H groups in total. The summed E-state index contributed by atoms with van der Waals surface area (Å²) in [5.41, 5.74) is 3.32. The monoisotopic (exact) mass is 735 g/mol. The molecule has 4 aliphatic rings. The maximum absolute atomic E-state index is 15.2. The van der Waals surface area contributed by atoms with Gasteiger partial charge in [-0.3, -0.25) is 34.0 Å². The molecule has 2 amide bonds. The smallest absolute Gasteiger partial charge is 0.263 e. The molecule has 1 aromatic carbocycles. The number of hydrogen-bond acceptors (Lipinski definition) is 11. The lowest BCUT2D eigenvalue weighted by atomic mass is 9.90. The van der Waals surface area contributed by atoms with E-state index in [1.807, 2.05) is 18.3 Å². The fourth-order valence-corrected chi connectivity index (χ4v) is 8.89. The first kappa shape index (κ1) is 35.8. The summed E-state index contributed by atoms with van der Waals surface area (Å²) in [6.45, 7) is 8.46. The molecule has 54 heavy (non-hydrogen) atoms. The predicted molar refractivity (Wildman–Crippen MR) is 204 cm³/mol. The molecular weight excluding hydrogens is 689 g/mol. The van der Waals surface area contributed by atoms with Crippen molar-refractivity contribution in [1.82, 2.24) is 29.7 Å². The zero-order valence-corrected chi connectivity index (χ0v) is 30.8. The third kappa shape index (κ3) is 6.94. The number of anilines is 4. The number of carbonyl (C=O) groups excluding carboxylic acids is 3. The molecule has 13 nitrogen and oxygen atoms in total. The molecule has 3 aliphatic heterocycles. The Morgan fingerprint density at radius 3 is 2.24 bits per heavy atom. The Kier molecular flexibility index (Phi) is 9.86. The molecule has 1 saturated carbocycles. The quantitative estimate of drug-likeness (QED) is 0.186. The minimum Gasteiger partial charge on any atom is -0.370 e. The second kappa shape index (κ2) is 14.9. The van der Waals surface area contributed by atoms with Crippen LogP contribution in [0.2, 0.25) is 0 Å². The van der Waals surface area contributed by atoms with Crippen molar-refractivity contribution >= 4 is 51.8 Å². The van der Waals surface area contributed by atoms with Gasteiger partial charge < -0.3 is 15.1 Å². The van der Waals surface area contributed by atoms with Crippen LogP contribution in [0.3, 0.4) is 0 Å². The van der Waals surface area contributed by atoms with Gasteiger partial charge in [-0.2, -0.15) is 4.98 Å². The molecule has 282 valence electrons. The third-order valence-electron chi connectivity index (χ3n) is 11.9. The Morgan fingerprint density at radius 1 is 0.852 bits per heavy atom. The maximum atomic E-state index is 15.2. The van der Waals surface area contributed by atoms with E-state index in [0.29, 0.717) is 46.4 Å². The number of nitrogens with zero attached hydrogens (tertiary/aromatic N) is 7. The van der Waals surface area contributed by atoms with E-state index in [9.17, 15) is 19.2 Å². The van der Waals surface area contributed by atoms with Gasteiger partial charge in [-0.25, -0.2) is 14.4 Å². The fourth-order valence-electron chi connectivity index (χ4n) is 8.89. The Labute approximate surface area is 313 Å². The predicted octanol–water partition coefficient (Wildman–Crippen LogP) is 5.01. The number of imide groups is 1. The van der Waals surface area contributed by atoms with E-state index in [2.05, 4.69) is 41.4 Å². The lowest BCUT2D eigenvalue weighted by molar-refractivity contribution is -0.134. The number of piperazine rings is 1. The van der Waals surface area contributed by atoms with Crippen LogP contribution in [0.5, 0.6) is 0 Å². The number of carbonyl (C=O) groups is 3. The van der Waals surface area contributed by atoms with Crippen LogP contribution in [0.1, 0.15) is 91.7 Å². The number of Topliss-reactive ketones (excluding diaryl/α,β-unsaturated/α-hetero) is 1. The summed E-state index contributed by atoms with van der Waals surface area (Å²) in [5, 5.41) is 6.25. The Balaban J connectivity index is 0.862. The first-order valence-corrected chi connectivity index (χ1v) is 19.2. The van der Waals surface area contributed by atoms with Crippen molar-refractivity contribution in [2.75, 3.05) is 54.4 Å². The molecule has 1 aliphatic carbocycles. The van der Waals surface area contributed by atoms with Crippen LogP contribution in [0, 0.1) is 12.7 Å². The number of aromatic nitrogens is 4. The first-order chi connectivity index (χ1) is 26.1. The Morgan fingerprint density at radius 2 is 1.57 bits per heavy atom. The van der Waals surface area contributed by atoms with Crippen molar-refractivity contribution in [3.8, 4) is 0 Å². The van der Waals surface area contributed by atoms with Crippen molar-refractivity contribution in [3.05, 3.63) is 75.6 Å². The molecule has 0 spiro atoms. The van der Waals surface area contributed by atoms with Crippen molar-refractivity contribution < 1.29 is 18.8 Å². The summed E-state index contributed by atoms with van der Waals surface area (Å²) in [7, 11) is 0. The number of fused-ring (bicyclic) bond motifs is 1. The van der Waals surface area contributed by atoms with Gasteiger partial charge in [0.1, 0.15) is 17.3 Å². The summed E-state index contributed by atoms with van der Waals surface area (Å²) in [4.78, 5) is 70.9. The second-order valence-corrected chi connectivity index (χ2v) is 15.1. The molecular formula is C40H46FN9O4. The van der Waals surface area contributed by atoms with Crippen LogP contribution in [0.15, 0.2) is 47.5 Å². The highest BCUT2D eigenvalue weighted by molar-refractivity contribution is 6.01. The number of ketones is 1. The van der Waals surface area contributed by atoms with E-state index in [-0.39, 0.29) is 35.3 Å². The van der Waals surface area contributed by atoms with E-state index in [1.165, 1.54) is 13.0 Å². The molecule has 4 aromatic rings. The number of amides is 2. The SMILES string of the molecule is CC(=O)c1c(C)c2cnc(Nc3ccc(N4CCC(N5CCN(c6ccc(C7CCC(=O)NC7=O)c(F)c6)CC5)CC4)cn3)nc2n(C2CCCC2)c1=O. The molecule has 14 heteroatoms. The van der Waals surface area contributed by atoms with E-state index in [0.717, 1.165) is 89.2 Å². The number of rotatable bonds is 8. The van der Waals surface area contributed by atoms with Crippen molar-refractivity contribution in [2.24, 2.45) is 0 Å². The minimum atomic E-state index is -0.631. The first-order valence-electron chi connectivity index (χ1n) is 19.2. The number of halogens is 1. The van der Waals surface area contributed by atoms with Crippen molar-refractivity contribution in [1.29, 1.82) is 0 Å². The maximum Gasteiger partial charge on any atom is 0.263 e. The Bertz CT molecular complexity index is 2150. The highest BCUT2D eigenvalue weighted by Gasteiger charge is 2.32. The largest absolute Gasteiger partial charge is 0.370 e. The van der Waals surface area contributed by atoms with Gasteiger partial charge in [-0.15, -0.1) is 0 Å². The topological polar surface area (TPSA) is 146 Å². The average Bonchev–Trinajstić information content (AvgIpc) is 3.70. The van der Waals surface area contributed by atoms with Gasteiger partial charge in [-0.1, -0.05) is 18.9 Å².